The molecule has 2 rings (SSSR count). The molecule has 0 saturated heterocycles. The van der Waals surface area contributed by atoms with Gasteiger partial charge in [0, 0.05) is 0 Å². The molecule has 1 aliphatic rings. The maximum Gasteiger partial charge on any atom is 0.119 e. The summed E-state index contributed by atoms with van der Waals surface area (Å²) >= 11 is 0. The second-order valence-electron chi connectivity index (χ2n) is 6.26. The van der Waals surface area contributed by atoms with Gasteiger partial charge in [0.05, 0.1) is 0 Å². The largest absolute Gasteiger partial charge is 0.490 e. The fourth-order valence-electron chi connectivity index (χ4n) is 3.11. The maximum absolute atomic E-state index is 6.26. The molecule has 0 N–H and O–H groups in total. The first-order valence-corrected chi connectivity index (χ1v) is 7.49. The van der Waals surface area contributed by atoms with Crippen LogP contribution in [-0.2, 0) is 0 Å². The highest BCUT2D eigenvalue weighted by Crippen LogP contribution is 2.35. The van der Waals surface area contributed by atoms with Gasteiger partial charge in [0.15, 0.2) is 0 Å². The molecule has 1 fully saturated rings. The Labute approximate surface area is 117 Å². The van der Waals surface area contributed by atoms with E-state index >= 15 is 0 Å². The molecule has 1 aromatic carbocycles. The third-order valence-corrected chi connectivity index (χ3v) is 4.36. The van der Waals surface area contributed by atoms with Crippen molar-refractivity contribution >= 4 is 6.08 Å². The lowest BCUT2D eigenvalue weighted by Gasteiger charge is -2.37. The first-order valence-electron chi connectivity index (χ1n) is 7.49. The van der Waals surface area contributed by atoms with E-state index in [0.717, 1.165) is 17.2 Å². The van der Waals surface area contributed by atoms with Crippen molar-refractivity contribution in [2.24, 2.45) is 17.8 Å². The Kier molecular flexibility index (Phi) is 4.68. The smallest absolute Gasteiger partial charge is 0.119 e. The molecule has 0 heterocycles. The van der Waals surface area contributed by atoms with E-state index in [1.165, 1.54) is 19.3 Å². The predicted octanol–water partition coefficient (Wildman–Crippen LogP) is 5.17. The van der Waals surface area contributed by atoms with Gasteiger partial charge in [-0.3, -0.25) is 0 Å². The molecule has 19 heavy (non-hydrogen) atoms. The summed E-state index contributed by atoms with van der Waals surface area (Å²) in [5.74, 6) is 3.17. The van der Waals surface area contributed by atoms with Crippen molar-refractivity contribution in [3.8, 4) is 5.75 Å². The highest BCUT2D eigenvalue weighted by molar-refractivity contribution is 5.48. The van der Waals surface area contributed by atoms with Gasteiger partial charge in [-0.2, -0.15) is 0 Å². The molecule has 1 heteroatoms. The van der Waals surface area contributed by atoms with Crippen LogP contribution in [0.1, 0.15) is 45.6 Å². The number of benzene rings is 1. The molecule has 3 atom stereocenters. The Hall–Kier alpha value is -1.24. The molecule has 1 aromatic rings. The Balaban J connectivity index is 2.06. The highest BCUT2D eigenvalue weighted by Gasteiger charge is 2.32. The van der Waals surface area contributed by atoms with Crippen LogP contribution >= 0.6 is 0 Å². The molecular formula is C18H26O. The van der Waals surface area contributed by atoms with Crippen molar-refractivity contribution in [1.82, 2.24) is 0 Å². The summed E-state index contributed by atoms with van der Waals surface area (Å²) in [6.45, 7) is 10.8. The van der Waals surface area contributed by atoms with Crippen molar-refractivity contribution in [2.45, 2.75) is 46.1 Å². The lowest BCUT2D eigenvalue weighted by Crippen LogP contribution is -2.36. The van der Waals surface area contributed by atoms with Gasteiger partial charge in [0.25, 0.3) is 0 Å². The maximum atomic E-state index is 6.26. The van der Waals surface area contributed by atoms with E-state index in [2.05, 4.69) is 51.6 Å². The Morgan fingerprint density at radius 1 is 1.21 bits per heavy atom. The summed E-state index contributed by atoms with van der Waals surface area (Å²) in [4.78, 5) is 0. The zero-order valence-corrected chi connectivity index (χ0v) is 12.4. The highest BCUT2D eigenvalue weighted by atomic mass is 16.5. The van der Waals surface area contributed by atoms with E-state index in [1.807, 2.05) is 6.08 Å². The topological polar surface area (TPSA) is 9.23 Å². The average Bonchev–Trinajstić information content (AvgIpc) is 2.39. The van der Waals surface area contributed by atoms with Crippen molar-refractivity contribution < 1.29 is 4.74 Å². The second-order valence-corrected chi connectivity index (χ2v) is 6.26. The van der Waals surface area contributed by atoms with Crippen LogP contribution in [0.3, 0.4) is 0 Å². The summed E-state index contributed by atoms with van der Waals surface area (Å²) < 4.78 is 6.26. The third kappa shape index (κ3) is 3.62. The fourth-order valence-corrected chi connectivity index (χ4v) is 3.11. The zero-order valence-electron chi connectivity index (χ0n) is 12.4. The number of ether oxygens (including phenoxy) is 1. The minimum absolute atomic E-state index is 0.373. The van der Waals surface area contributed by atoms with Gasteiger partial charge in [-0.15, -0.1) is 0 Å². The molecule has 104 valence electrons. The molecule has 1 nitrogen and oxygen atoms in total. The Morgan fingerprint density at radius 3 is 2.47 bits per heavy atom. The molecule has 0 amide bonds. The minimum Gasteiger partial charge on any atom is -0.490 e. The van der Waals surface area contributed by atoms with E-state index in [4.69, 9.17) is 4.74 Å². The second kappa shape index (κ2) is 6.27. The van der Waals surface area contributed by atoms with Crippen molar-refractivity contribution in [3.05, 3.63) is 36.4 Å². The summed E-state index contributed by atoms with van der Waals surface area (Å²) in [5, 5.41) is 0. The van der Waals surface area contributed by atoms with Crippen LogP contribution in [0, 0.1) is 17.8 Å². The molecule has 0 aliphatic heterocycles. The van der Waals surface area contributed by atoms with Gasteiger partial charge in [-0.25, -0.2) is 0 Å². The van der Waals surface area contributed by atoms with Gasteiger partial charge in [-0.05, 0) is 48.3 Å². The average molecular weight is 258 g/mol. The lowest BCUT2D eigenvalue weighted by molar-refractivity contribution is 0.0460. The standard InChI is InChI=1S/C18H26O/c1-5-15-7-9-16(10-8-15)19-18-12-14(4)6-11-17(18)13(2)3/h5,7-10,13-14,17-18H,1,6,11-12H2,2-4H3/t14-,17+,18-/m0/s1. The van der Waals surface area contributed by atoms with Gasteiger partial charge in [0.2, 0.25) is 0 Å². The SMILES string of the molecule is C=Cc1ccc(O[C@H]2C[C@@H](C)CC[C@@H]2C(C)C)cc1. The quantitative estimate of drug-likeness (QED) is 0.724. The van der Waals surface area contributed by atoms with Crippen LogP contribution in [0.25, 0.3) is 6.08 Å². The van der Waals surface area contributed by atoms with Crippen molar-refractivity contribution in [3.63, 3.8) is 0 Å². The zero-order chi connectivity index (χ0) is 13.8. The molecule has 0 unspecified atom stereocenters. The molecule has 1 saturated carbocycles. The number of hydrogen-bond donors (Lipinski definition) is 0. The van der Waals surface area contributed by atoms with Crippen LogP contribution < -0.4 is 4.74 Å². The van der Waals surface area contributed by atoms with E-state index in [9.17, 15) is 0 Å². The van der Waals surface area contributed by atoms with Crippen molar-refractivity contribution in [2.75, 3.05) is 0 Å². The van der Waals surface area contributed by atoms with E-state index in [1.54, 1.807) is 0 Å². The van der Waals surface area contributed by atoms with Gasteiger partial charge in [-0.1, -0.05) is 52.0 Å². The molecule has 1 aliphatic carbocycles. The van der Waals surface area contributed by atoms with Crippen LogP contribution in [-0.4, -0.2) is 6.10 Å². The summed E-state index contributed by atoms with van der Waals surface area (Å²) in [5.41, 5.74) is 1.14. The fraction of sp³-hybridized carbons (Fsp3) is 0.556. The van der Waals surface area contributed by atoms with Crippen LogP contribution in [0.2, 0.25) is 0 Å². The van der Waals surface area contributed by atoms with Crippen molar-refractivity contribution in [1.29, 1.82) is 0 Å². The predicted molar refractivity (Wildman–Crippen MR) is 82.3 cm³/mol. The first kappa shape index (κ1) is 14.2. The van der Waals surface area contributed by atoms with Crippen LogP contribution in [0.5, 0.6) is 5.75 Å². The van der Waals surface area contributed by atoms with E-state index in [-0.39, 0.29) is 0 Å². The molecule has 0 aromatic heterocycles. The Morgan fingerprint density at radius 2 is 1.89 bits per heavy atom. The number of rotatable bonds is 4. The molecular weight excluding hydrogens is 232 g/mol. The first-order chi connectivity index (χ1) is 9.10. The van der Waals surface area contributed by atoms with Crippen LogP contribution in [0.4, 0.5) is 0 Å². The third-order valence-electron chi connectivity index (χ3n) is 4.36. The molecule has 0 radical (unpaired) electrons. The minimum atomic E-state index is 0.373. The van der Waals surface area contributed by atoms with Crippen LogP contribution in [0.15, 0.2) is 30.8 Å². The summed E-state index contributed by atoms with van der Waals surface area (Å²) in [7, 11) is 0. The van der Waals surface area contributed by atoms with Gasteiger partial charge < -0.3 is 4.74 Å². The number of hydrogen-bond acceptors (Lipinski definition) is 1. The summed E-state index contributed by atoms with van der Waals surface area (Å²) in [6, 6.07) is 8.26. The normalized spacial score (nSPS) is 27.3. The molecule has 0 spiro atoms. The van der Waals surface area contributed by atoms with E-state index < -0.39 is 0 Å². The van der Waals surface area contributed by atoms with Gasteiger partial charge in [0.1, 0.15) is 11.9 Å². The lowest BCUT2D eigenvalue weighted by atomic mass is 9.75. The molecule has 0 bridgehead atoms. The monoisotopic (exact) mass is 258 g/mol. The summed E-state index contributed by atoms with van der Waals surface area (Å²) in [6.07, 6.45) is 6.07. The Bertz CT molecular complexity index is 404. The van der Waals surface area contributed by atoms with E-state index in [0.29, 0.717) is 17.9 Å². The van der Waals surface area contributed by atoms with Gasteiger partial charge >= 0.3 is 0 Å².